The Labute approximate surface area is 171 Å². The molecule has 0 atom stereocenters. The van der Waals surface area contributed by atoms with E-state index in [-0.39, 0.29) is 10.7 Å². The van der Waals surface area contributed by atoms with Gasteiger partial charge in [-0.1, -0.05) is 18.6 Å². The Kier molecular flexibility index (Phi) is 5.27. The van der Waals surface area contributed by atoms with Crippen LogP contribution < -0.4 is 5.32 Å². The molecule has 28 heavy (non-hydrogen) atoms. The lowest BCUT2D eigenvalue weighted by Crippen LogP contribution is -2.35. The molecule has 1 fully saturated rings. The number of sulfonamides is 1. The zero-order valence-electron chi connectivity index (χ0n) is 15.0. The lowest BCUT2D eigenvalue weighted by atomic mass is 10.2. The molecule has 0 aliphatic carbocycles. The Hall–Kier alpha value is -2.16. The molecule has 1 aromatic heterocycles. The van der Waals surface area contributed by atoms with E-state index in [1.165, 1.54) is 16.4 Å². The number of amides is 1. The minimum atomic E-state index is -3.48. The highest BCUT2D eigenvalue weighted by Gasteiger charge is 2.25. The fraction of sp³-hybridized carbons (Fsp3) is 0.250. The van der Waals surface area contributed by atoms with Gasteiger partial charge in [0.25, 0.3) is 5.91 Å². The Morgan fingerprint density at radius 2 is 1.75 bits per heavy atom. The molecule has 0 bridgehead atoms. The number of carbonyl (C=O) groups is 1. The van der Waals surface area contributed by atoms with Crippen LogP contribution in [0.5, 0.6) is 0 Å². The molecule has 0 spiro atoms. The fourth-order valence-corrected chi connectivity index (χ4v) is 5.28. The standard InChI is InChI=1S/C20H19BrN2O4S/c21-17-6-4-5-14-13-18(27-19(14)17)20(24)22-15-7-9-16(10-8-15)28(25,26)23-11-2-1-3-12-23/h4-10,13H,1-3,11-12H2,(H,22,24). The largest absolute Gasteiger partial charge is 0.450 e. The van der Waals surface area contributed by atoms with Crippen LogP contribution in [0.1, 0.15) is 29.8 Å². The first kappa shape index (κ1) is 19.2. The van der Waals surface area contributed by atoms with Gasteiger partial charge < -0.3 is 9.73 Å². The zero-order valence-corrected chi connectivity index (χ0v) is 17.4. The van der Waals surface area contributed by atoms with Crippen LogP contribution in [-0.2, 0) is 10.0 Å². The number of nitrogens with zero attached hydrogens (tertiary/aromatic N) is 1. The lowest BCUT2D eigenvalue weighted by molar-refractivity contribution is 0.0998. The SMILES string of the molecule is O=C(Nc1ccc(S(=O)(=O)N2CCCCC2)cc1)c1cc2cccc(Br)c2o1. The van der Waals surface area contributed by atoms with Crippen molar-refractivity contribution in [2.24, 2.45) is 0 Å². The van der Waals surface area contributed by atoms with Gasteiger partial charge in [-0.3, -0.25) is 4.79 Å². The minimum Gasteiger partial charge on any atom is -0.450 e. The van der Waals surface area contributed by atoms with E-state index < -0.39 is 15.9 Å². The third-order valence-corrected chi connectivity index (χ3v) is 7.32. The number of rotatable bonds is 4. The zero-order chi connectivity index (χ0) is 19.7. The molecule has 1 saturated heterocycles. The molecule has 146 valence electrons. The van der Waals surface area contributed by atoms with Crippen LogP contribution in [0.25, 0.3) is 11.0 Å². The van der Waals surface area contributed by atoms with E-state index in [1.54, 1.807) is 18.2 Å². The van der Waals surface area contributed by atoms with Crippen molar-refractivity contribution in [3.05, 3.63) is 58.8 Å². The van der Waals surface area contributed by atoms with Crippen LogP contribution in [0.2, 0.25) is 0 Å². The minimum absolute atomic E-state index is 0.187. The van der Waals surface area contributed by atoms with Crippen LogP contribution in [-0.4, -0.2) is 31.7 Å². The quantitative estimate of drug-likeness (QED) is 0.613. The van der Waals surface area contributed by atoms with E-state index in [9.17, 15) is 13.2 Å². The van der Waals surface area contributed by atoms with Gasteiger partial charge in [-0.25, -0.2) is 8.42 Å². The second kappa shape index (κ2) is 7.69. The number of hydrogen-bond donors (Lipinski definition) is 1. The van der Waals surface area contributed by atoms with E-state index in [1.807, 2.05) is 18.2 Å². The van der Waals surface area contributed by atoms with E-state index in [2.05, 4.69) is 21.2 Å². The van der Waals surface area contributed by atoms with Gasteiger partial charge in [-0.15, -0.1) is 0 Å². The van der Waals surface area contributed by atoms with Crippen LogP contribution in [0.15, 0.2) is 62.3 Å². The van der Waals surface area contributed by atoms with Gasteiger partial charge in [-0.2, -0.15) is 4.31 Å². The summed E-state index contributed by atoms with van der Waals surface area (Å²) in [7, 11) is -3.48. The Balaban J connectivity index is 1.50. The van der Waals surface area contributed by atoms with Crippen molar-refractivity contribution in [3.63, 3.8) is 0 Å². The molecule has 1 N–H and O–H groups in total. The molecule has 1 aliphatic rings. The number of anilines is 1. The first-order chi connectivity index (χ1) is 13.4. The Bertz CT molecular complexity index is 1120. The number of carbonyl (C=O) groups excluding carboxylic acids is 1. The molecule has 6 nitrogen and oxygen atoms in total. The maximum absolute atomic E-state index is 12.7. The summed E-state index contributed by atoms with van der Waals surface area (Å²) in [5.74, 6) is -0.207. The summed E-state index contributed by atoms with van der Waals surface area (Å²) in [4.78, 5) is 12.7. The molecule has 0 radical (unpaired) electrons. The van der Waals surface area contributed by atoms with Crippen molar-refractivity contribution in [3.8, 4) is 0 Å². The molecule has 3 aromatic rings. The number of furan rings is 1. The van der Waals surface area contributed by atoms with Crippen LogP contribution >= 0.6 is 15.9 Å². The second-order valence-electron chi connectivity index (χ2n) is 6.71. The number of fused-ring (bicyclic) bond motifs is 1. The average molecular weight is 463 g/mol. The molecule has 0 unspecified atom stereocenters. The summed E-state index contributed by atoms with van der Waals surface area (Å²) in [6.45, 7) is 1.12. The second-order valence-corrected chi connectivity index (χ2v) is 9.50. The summed E-state index contributed by atoms with van der Waals surface area (Å²) in [5, 5.41) is 3.56. The van der Waals surface area contributed by atoms with Crippen molar-refractivity contribution in [2.75, 3.05) is 18.4 Å². The van der Waals surface area contributed by atoms with Gasteiger partial charge in [-0.05, 0) is 65.2 Å². The predicted octanol–water partition coefficient (Wildman–Crippen LogP) is 4.62. The topological polar surface area (TPSA) is 79.6 Å². The fourth-order valence-electron chi connectivity index (χ4n) is 3.30. The van der Waals surface area contributed by atoms with Crippen molar-refractivity contribution in [1.82, 2.24) is 4.31 Å². The summed E-state index contributed by atoms with van der Waals surface area (Å²) in [6.07, 6.45) is 2.84. The average Bonchev–Trinajstić information content (AvgIpc) is 3.15. The van der Waals surface area contributed by atoms with Gasteiger partial charge in [0, 0.05) is 24.2 Å². The van der Waals surface area contributed by atoms with Crippen LogP contribution in [0.4, 0.5) is 5.69 Å². The first-order valence-electron chi connectivity index (χ1n) is 9.05. The molecule has 0 saturated carbocycles. The predicted molar refractivity (Wildman–Crippen MR) is 111 cm³/mol. The summed E-state index contributed by atoms with van der Waals surface area (Å²) in [5.41, 5.74) is 1.11. The molecule has 1 amide bonds. The monoisotopic (exact) mass is 462 g/mol. The lowest BCUT2D eigenvalue weighted by Gasteiger charge is -2.25. The third kappa shape index (κ3) is 3.72. The van der Waals surface area contributed by atoms with Gasteiger partial charge >= 0.3 is 0 Å². The highest BCUT2D eigenvalue weighted by Crippen LogP contribution is 2.28. The highest BCUT2D eigenvalue weighted by atomic mass is 79.9. The molecule has 8 heteroatoms. The Morgan fingerprint density at radius 3 is 2.43 bits per heavy atom. The smallest absolute Gasteiger partial charge is 0.291 e. The number of benzene rings is 2. The number of nitrogens with one attached hydrogen (secondary N) is 1. The van der Waals surface area contributed by atoms with Crippen LogP contribution in [0, 0.1) is 0 Å². The highest BCUT2D eigenvalue weighted by molar-refractivity contribution is 9.10. The van der Waals surface area contributed by atoms with Crippen molar-refractivity contribution in [1.29, 1.82) is 0 Å². The van der Waals surface area contributed by atoms with E-state index >= 15 is 0 Å². The molecule has 2 heterocycles. The maximum Gasteiger partial charge on any atom is 0.291 e. The maximum atomic E-state index is 12.7. The van der Waals surface area contributed by atoms with Crippen molar-refractivity contribution < 1.29 is 17.6 Å². The molecule has 2 aromatic carbocycles. The summed E-state index contributed by atoms with van der Waals surface area (Å²) < 4.78 is 33.3. The molecular formula is C20H19BrN2O4S. The number of piperidine rings is 1. The number of hydrogen-bond acceptors (Lipinski definition) is 4. The molecule has 4 rings (SSSR count). The van der Waals surface area contributed by atoms with Gasteiger partial charge in [0.1, 0.15) is 5.58 Å². The molecule has 1 aliphatic heterocycles. The van der Waals surface area contributed by atoms with Crippen molar-refractivity contribution in [2.45, 2.75) is 24.2 Å². The van der Waals surface area contributed by atoms with Gasteiger partial charge in [0.15, 0.2) is 5.76 Å². The number of halogens is 1. The van der Waals surface area contributed by atoms with Gasteiger partial charge in [0.05, 0.1) is 9.37 Å². The normalized spacial score (nSPS) is 15.6. The van der Waals surface area contributed by atoms with Crippen molar-refractivity contribution >= 4 is 48.5 Å². The van der Waals surface area contributed by atoms with E-state index in [0.717, 1.165) is 29.1 Å². The Morgan fingerprint density at radius 1 is 1.04 bits per heavy atom. The first-order valence-corrected chi connectivity index (χ1v) is 11.3. The van der Waals surface area contributed by atoms with E-state index in [0.29, 0.717) is 24.4 Å². The molecular weight excluding hydrogens is 444 g/mol. The van der Waals surface area contributed by atoms with Gasteiger partial charge in [0.2, 0.25) is 10.0 Å². The summed E-state index contributed by atoms with van der Waals surface area (Å²) in [6, 6.07) is 13.5. The number of para-hydroxylation sites is 1. The van der Waals surface area contributed by atoms with Crippen LogP contribution in [0.3, 0.4) is 0 Å². The summed E-state index contributed by atoms with van der Waals surface area (Å²) >= 11 is 3.40. The van der Waals surface area contributed by atoms with E-state index in [4.69, 9.17) is 4.42 Å². The third-order valence-electron chi connectivity index (χ3n) is 4.78.